The number of aliphatic hydroxyl groups excluding tert-OH is 1. The van der Waals surface area contributed by atoms with Crippen molar-refractivity contribution in [2.45, 2.75) is 31.6 Å². The number of fused-ring (bicyclic) bond motifs is 1. The zero-order chi connectivity index (χ0) is 21.5. The molecule has 8 nitrogen and oxygen atoms in total. The summed E-state index contributed by atoms with van der Waals surface area (Å²) in [4.78, 5) is 11.0. The van der Waals surface area contributed by atoms with Crippen molar-refractivity contribution in [3.8, 4) is 23.0 Å². The van der Waals surface area contributed by atoms with E-state index in [1.807, 2.05) is 19.1 Å². The molecule has 1 unspecified atom stereocenters. The molecule has 0 bridgehead atoms. The first-order chi connectivity index (χ1) is 14.4. The lowest BCUT2D eigenvalue weighted by atomic mass is 10.1. The number of methoxy groups -OCH3 is 1. The molecule has 0 radical (unpaired) electrons. The zero-order valence-corrected chi connectivity index (χ0v) is 17.0. The number of ether oxygens (including phenoxy) is 4. The molecule has 0 aliphatic carbocycles. The van der Waals surface area contributed by atoms with Crippen LogP contribution in [0.4, 0.5) is 0 Å². The van der Waals surface area contributed by atoms with Gasteiger partial charge in [0.2, 0.25) is 6.10 Å². The number of benzene rings is 2. The van der Waals surface area contributed by atoms with Crippen LogP contribution < -0.4 is 24.3 Å². The second kappa shape index (κ2) is 10.2. The molecular formula is C22H27NO7. The second-order valence-electron chi connectivity index (χ2n) is 7.19. The molecule has 2 aromatic carbocycles. The SMILES string of the molecule is COc1ccc(OC[C@@H](O)CN[C@H](C)Cc2ccc3c(c2)OCC(C(=O)O)O3)cc1. The Morgan fingerprint density at radius 3 is 2.63 bits per heavy atom. The molecule has 30 heavy (non-hydrogen) atoms. The van der Waals surface area contributed by atoms with E-state index in [0.29, 0.717) is 30.2 Å². The van der Waals surface area contributed by atoms with Crippen molar-refractivity contribution in [3.63, 3.8) is 0 Å². The van der Waals surface area contributed by atoms with E-state index in [2.05, 4.69) is 5.32 Å². The van der Waals surface area contributed by atoms with Crippen LogP contribution in [0.2, 0.25) is 0 Å². The summed E-state index contributed by atoms with van der Waals surface area (Å²) in [7, 11) is 1.60. The van der Waals surface area contributed by atoms with Crippen LogP contribution in [-0.4, -0.2) is 61.3 Å². The van der Waals surface area contributed by atoms with Crippen LogP contribution in [0.3, 0.4) is 0 Å². The van der Waals surface area contributed by atoms with Crippen molar-refractivity contribution in [3.05, 3.63) is 48.0 Å². The molecule has 0 aromatic heterocycles. The number of hydrogen-bond donors (Lipinski definition) is 3. The Morgan fingerprint density at radius 2 is 1.93 bits per heavy atom. The molecule has 162 valence electrons. The zero-order valence-electron chi connectivity index (χ0n) is 17.0. The van der Waals surface area contributed by atoms with Gasteiger partial charge in [0.15, 0.2) is 11.5 Å². The van der Waals surface area contributed by atoms with E-state index >= 15 is 0 Å². The van der Waals surface area contributed by atoms with E-state index in [-0.39, 0.29) is 19.3 Å². The third kappa shape index (κ3) is 6.01. The van der Waals surface area contributed by atoms with Crippen LogP contribution in [-0.2, 0) is 11.2 Å². The molecule has 2 aromatic rings. The van der Waals surface area contributed by atoms with Gasteiger partial charge >= 0.3 is 5.97 Å². The van der Waals surface area contributed by atoms with Crippen molar-refractivity contribution in [2.24, 2.45) is 0 Å². The first-order valence-corrected chi connectivity index (χ1v) is 9.78. The maximum atomic E-state index is 11.0. The maximum Gasteiger partial charge on any atom is 0.348 e. The normalized spacial score (nSPS) is 17.1. The topological polar surface area (TPSA) is 106 Å². The summed E-state index contributed by atoms with van der Waals surface area (Å²) >= 11 is 0. The van der Waals surface area contributed by atoms with Gasteiger partial charge in [0.25, 0.3) is 0 Å². The lowest BCUT2D eigenvalue weighted by Crippen LogP contribution is -2.37. The summed E-state index contributed by atoms with van der Waals surface area (Å²) in [6, 6.07) is 12.8. The van der Waals surface area contributed by atoms with Crippen molar-refractivity contribution in [2.75, 3.05) is 26.9 Å². The van der Waals surface area contributed by atoms with E-state index < -0.39 is 18.2 Å². The molecule has 3 atom stereocenters. The highest BCUT2D eigenvalue weighted by Gasteiger charge is 2.27. The molecule has 1 heterocycles. The number of aliphatic hydroxyl groups is 1. The molecule has 0 spiro atoms. The Balaban J connectivity index is 1.42. The number of rotatable bonds is 10. The van der Waals surface area contributed by atoms with Gasteiger partial charge in [-0.15, -0.1) is 0 Å². The Hall–Kier alpha value is -2.97. The number of carboxylic acids is 1. The summed E-state index contributed by atoms with van der Waals surface area (Å²) < 4.78 is 21.6. The molecule has 8 heteroatoms. The molecule has 0 saturated carbocycles. The minimum Gasteiger partial charge on any atom is -0.497 e. The van der Waals surface area contributed by atoms with E-state index in [4.69, 9.17) is 24.1 Å². The largest absolute Gasteiger partial charge is 0.497 e. The summed E-state index contributed by atoms with van der Waals surface area (Å²) in [5, 5.41) is 22.5. The van der Waals surface area contributed by atoms with Crippen LogP contribution in [0, 0.1) is 0 Å². The Bertz CT molecular complexity index is 840. The van der Waals surface area contributed by atoms with Gasteiger partial charge in [-0.1, -0.05) is 6.07 Å². The van der Waals surface area contributed by atoms with Gasteiger partial charge in [0.1, 0.15) is 30.8 Å². The van der Waals surface area contributed by atoms with Gasteiger partial charge in [-0.3, -0.25) is 0 Å². The second-order valence-corrected chi connectivity index (χ2v) is 7.19. The predicted octanol–water partition coefficient (Wildman–Crippen LogP) is 1.88. The van der Waals surface area contributed by atoms with E-state index in [9.17, 15) is 9.90 Å². The van der Waals surface area contributed by atoms with E-state index in [1.165, 1.54) is 0 Å². The third-order valence-corrected chi connectivity index (χ3v) is 4.69. The lowest BCUT2D eigenvalue weighted by Gasteiger charge is -2.24. The number of hydrogen-bond acceptors (Lipinski definition) is 7. The average Bonchev–Trinajstić information content (AvgIpc) is 2.76. The molecule has 1 aliphatic heterocycles. The number of nitrogens with one attached hydrogen (secondary N) is 1. The molecular weight excluding hydrogens is 390 g/mol. The Morgan fingerprint density at radius 1 is 1.20 bits per heavy atom. The monoisotopic (exact) mass is 417 g/mol. The first kappa shape index (κ1) is 21.7. The molecule has 3 N–H and O–H groups in total. The summed E-state index contributed by atoms with van der Waals surface area (Å²) in [5.74, 6) is 1.36. The fourth-order valence-electron chi connectivity index (χ4n) is 3.05. The van der Waals surface area contributed by atoms with Gasteiger partial charge in [-0.25, -0.2) is 4.79 Å². The number of aliphatic carboxylic acids is 1. The minimum atomic E-state index is -1.04. The first-order valence-electron chi connectivity index (χ1n) is 9.78. The van der Waals surface area contributed by atoms with Crippen molar-refractivity contribution < 1.29 is 34.0 Å². The standard InChI is InChI=1S/C22H27NO7/c1-14(23-11-16(24)12-28-18-6-4-17(27-2)5-7-18)9-15-3-8-19-20(10-15)29-13-21(30-19)22(25)26/h3-8,10,14,16,21,23-24H,9,11-13H2,1-2H3,(H,25,26)/t14-,16+,21?/m1/s1. The van der Waals surface area contributed by atoms with Gasteiger partial charge in [-0.05, 0) is 55.3 Å². The van der Waals surface area contributed by atoms with Gasteiger partial charge < -0.3 is 34.5 Å². The fraction of sp³-hybridized carbons (Fsp3) is 0.409. The molecule has 0 saturated heterocycles. The van der Waals surface area contributed by atoms with Crippen LogP contribution in [0.5, 0.6) is 23.0 Å². The van der Waals surface area contributed by atoms with E-state index in [0.717, 1.165) is 11.3 Å². The van der Waals surface area contributed by atoms with Crippen molar-refractivity contribution >= 4 is 5.97 Å². The maximum absolute atomic E-state index is 11.0. The highest BCUT2D eigenvalue weighted by atomic mass is 16.6. The van der Waals surface area contributed by atoms with Crippen LogP contribution in [0.15, 0.2) is 42.5 Å². The number of carbonyl (C=O) groups is 1. The van der Waals surface area contributed by atoms with Crippen LogP contribution >= 0.6 is 0 Å². The van der Waals surface area contributed by atoms with Gasteiger partial charge in [0, 0.05) is 12.6 Å². The molecule has 1 aliphatic rings. The van der Waals surface area contributed by atoms with Gasteiger partial charge in [-0.2, -0.15) is 0 Å². The Kier molecular flexibility index (Phi) is 7.37. The predicted molar refractivity (Wildman–Crippen MR) is 110 cm³/mol. The quantitative estimate of drug-likeness (QED) is 0.538. The van der Waals surface area contributed by atoms with Crippen LogP contribution in [0.25, 0.3) is 0 Å². The average molecular weight is 417 g/mol. The fourth-order valence-corrected chi connectivity index (χ4v) is 3.05. The molecule has 3 rings (SSSR count). The lowest BCUT2D eigenvalue weighted by molar-refractivity contribution is -0.147. The summed E-state index contributed by atoms with van der Waals surface area (Å²) in [5.41, 5.74) is 1.02. The summed E-state index contributed by atoms with van der Waals surface area (Å²) in [6.45, 7) is 2.58. The highest BCUT2D eigenvalue weighted by Crippen LogP contribution is 2.33. The molecule has 0 fully saturated rings. The van der Waals surface area contributed by atoms with Gasteiger partial charge in [0.05, 0.1) is 7.11 Å². The highest BCUT2D eigenvalue weighted by molar-refractivity contribution is 5.73. The Labute approximate surface area is 175 Å². The van der Waals surface area contributed by atoms with Crippen molar-refractivity contribution in [1.82, 2.24) is 5.32 Å². The minimum absolute atomic E-state index is 0.0139. The van der Waals surface area contributed by atoms with Crippen molar-refractivity contribution in [1.29, 1.82) is 0 Å². The third-order valence-electron chi connectivity index (χ3n) is 4.69. The smallest absolute Gasteiger partial charge is 0.348 e. The molecule has 0 amide bonds. The van der Waals surface area contributed by atoms with Crippen LogP contribution in [0.1, 0.15) is 12.5 Å². The summed E-state index contributed by atoms with van der Waals surface area (Å²) in [6.07, 6.45) is -0.918. The van der Waals surface area contributed by atoms with E-state index in [1.54, 1.807) is 37.4 Å². The number of carboxylic acid groups (broad SMARTS) is 1.